The number of unbranched alkanes of at least 4 members (excludes halogenated alkanes) is 1. The van der Waals surface area contributed by atoms with Crippen molar-refractivity contribution >= 4 is 11.7 Å². The Morgan fingerprint density at radius 3 is 2.52 bits per heavy atom. The van der Waals surface area contributed by atoms with Gasteiger partial charge in [0.2, 0.25) is 0 Å². The normalized spacial score (nSPS) is 10.3. The van der Waals surface area contributed by atoms with Crippen molar-refractivity contribution in [2.45, 2.75) is 26.3 Å². The molecule has 0 atom stereocenters. The van der Waals surface area contributed by atoms with Gasteiger partial charge in [-0.15, -0.1) is 0 Å². The van der Waals surface area contributed by atoms with Crippen molar-refractivity contribution in [3.8, 4) is 0 Å². The molecule has 2 aromatic rings. The Morgan fingerprint density at radius 1 is 1.19 bits per heavy atom. The Morgan fingerprint density at radius 2 is 1.95 bits per heavy atom. The van der Waals surface area contributed by atoms with Gasteiger partial charge in [-0.1, -0.05) is 31.5 Å². The highest BCUT2D eigenvalue weighted by Crippen LogP contribution is 2.17. The molecule has 1 N–H and O–H groups in total. The number of carboxylic acid groups (broad SMARTS) is 1. The Hall–Kier alpha value is -2.36. The van der Waals surface area contributed by atoms with E-state index in [9.17, 15) is 4.79 Å². The van der Waals surface area contributed by atoms with Gasteiger partial charge in [-0.25, -0.2) is 4.79 Å². The molecule has 0 saturated heterocycles. The fourth-order valence-corrected chi connectivity index (χ4v) is 2.13. The van der Waals surface area contributed by atoms with Crippen molar-refractivity contribution in [2.24, 2.45) is 0 Å². The van der Waals surface area contributed by atoms with Gasteiger partial charge in [0.05, 0.1) is 17.8 Å². The number of para-hydroxylation sites is 1. The zero-order valence-electron chi connectivity index (χ0n) is 12.2. The monoisotopic (exact) mass is 284 g/mol. The maximum atomic E-state index is 10.8. The molecule has 1 heterocycles. The van der Waals surface area contributed by atoms with Crippen LogP contribution in [0.25, 0.3) is 0 Å². The summed E-state index contributed by atoms with van der Waals surface area (Å²) in [6, 6.07) is 13.6. The van der Waals surface area contributed by atoms with Gasteiger partial charge >= 0.3 is 5.97 Å². The summed E-state index contributed by atoms with van der Waals surface area (Å²) >= 11 is 0. The molecule has 0 fully saturated rings. The number of benzene rings is 1. The van der Waals surface area contributed by atoms with Crippen LogP contribution in [0.3, 0.4) is 0 Å². The second kappa shape index (κ2) is 7.43. The molecular weight excluding hydrogens is 264 g/mol. The highest BCUT2D eigenvalue weighted by Gasteiger charge is 2.09. The molecule has 0 unspecified atom stereocenters. The summed E-state index contributed by atoms with van der Waals surface area (Å²) in [7, 11) is 0. The number of aromatic nitrogens is 1. The van der Waals surface area contributed by atoms with Crippen LogP contribution in [0.4, 0.5) is 5.69 Å². The van der Waals surface area contributed by atoms with Gasteiger partial charge < -0.3 is 10.0 Å². The lowest BCUT2D eigenvalue weighted by atomic mass is 10.2. The number of rotatable bonds is 7. The van der Waals surface area contributed by atoms with Crippen LogP contribution < -0.4 is 4.90 Å². The third-order valence-electron chi connectivity index (χ3n) is 3.33. The molecule has 1 aromatic carbocycles. The molecule has 0 spiro atoms. The van der Waals surface area contributed by atoms with E-state index in [1.54, 1.807) is 12.1 Å². The van der Waals surface area contributed by atoms with Gasteiger partial charge in [-0.2, -0.15) is 0 Å². The molecule has 1 aromatic heterocycles. The number of anilines is 1. The fourth-order valence-electron chi connectivity index (χ4n) is 2.13. The topological polar surface area (TPSA) is 53.4 Å². The van der Waals surface area contributed by atoms with E-state index in [0.29, 0.717) is 6.54 Å². The van der Waals surface area contributed by atoms with E-state index < -0.39 is 5.97 Å². The van der Waals surface area contributed by atoms with Gasteiger partial charge in [-0.3, -0.25) is 4.98 Å². The highest BCUT2D eigenvalue weighted by atomic mass is 16.4. The SMILES string of the molecule is CCCCN(Cc1ccc(C(=O)O)cn1)c1ccccc1. The second-order valence-electron chi connectivity index (χ2n) is 4.95. The summed E-state index contributed by atoms with van der Waals surface area (Å²) in [6.07, 6.45) is 3.66. The van der Waals surface area contributed by atoms with Gasteiger partial charge in [0.25, 0.3) is 0 Å². The molecule has 0 saturated carbocycles. The molecule has 0 amide bonds. The molecular formula is C17H20N2O2. The van der Waals surface area contributed by atoms with Crippen LogP contribution in [0.15, 0.2) is 48.7 Å². The number of hydrogen-bond acceptors (Lipinski definition) is 3. The molecule has 21 heavy (non-hydrogen) atoms. The number of pyridine rings is 1. The first-order valence-corrected chi connectivity index (χ1v) is 7.19. The van der Waals surface area contributed by atoms with E-state index in [2.05, 4.69) is 28.9 Å². The minimum absolute atomic E-state index is 0.221. The van der Waals surface area contributed by atoms with Crippen molar-refractivity contribution in [1.29, 1.82) is 0 Å². The Balaban J connectivity index is 2.12. The van der Waals surface area contributed by atoms with Gasteiger partial charge in [0.15, 0.2) is 0 Å². The van der Waals surface area contributed by atoms with Crippen LogP contribution in [0, 0.1) is 0 Å². The summed E-state index contributed by atoms with van der Waals surface area (Å²) in [4.78, 5) is 17.4. The molecule has 0 radical (unpaired) electrons. The molecule has 2 rings (SSSR count). The number of aromatic carboxylic acids is 1. The molecule has 0 aliphatic rings. The number of hydrogen-bond donors (Lipinski definition) is 1. The second-order valence-corrected chi connectivity index (χ2v) is 4.95. The summed E-state index contributed by atoms with van der Waals surface area (Å²) in [5, 5.41) is 8.90. The summed E-state index contributed by atoms with van der Waals surface area (Å²) < 4.78 is 0. The lowest BCUT2D eigenvalue weighted by molar-refractivity contribution is 0.0696. The standard InChI is InChI=1S/C17H20N2O2/c1-2-3-11-19(16-7-5-4-6-8-16)13-15-10-9-14(12-18-15)17(20)21/h4-10,12H,2-3,11,13H2,1H3,(H,20,21). The van der Waals surface area contributed by atoms with Crippen LogP contribution >= 0.6 is 0 Å². The van der Waals surface area contributed by atoms with E-state index >= 15 is 0 Å². The van der Waals surface area contributed by atoms with Crippen LogP contribution in [0.5, 0.6) is 0 Å². The Kier molecular flexibility index (Phi) is 5.32. The smallest absolute Gasteiger partial charge is 0.337 e. The first kappa shape index (κ1) is 15.0. The molecule has 4 heteroatoms. The number of nitrogens with zero attached hydrogens (tertiary/aromatic N) is 2. The largest absolute Gasteiger partial charge is 0.478 e. The van der Waals surface area contributed by atoms with E-state index in [1.165, 1.54) is 6.20 Å². The lowest BCUT2D eigenvalue weighted by Crippen LogP contribution is -2.24. The van der Waals surface area contributed by atoms with E-state index in [1.807, 2.05) is 18.2 Å². The molecule has 110 valence electrons. The average molecular weight is 284 g/mol. The molecule has 0 aliphatic carbocycles. The predicted octanol–water partition coefficient (Wildman–Crippen LogP) is 3.59. The van der Waals surface area contributed by atoms with Crippen LogP contribution in [0.1, 0.15) is 35.8 Å². The highest BCUT2D eigenvalue weighted by molar-refractivity contribution is 5.87. The Labute approximate surface area is 125 Å². The van der Waals surface area contributed by atoms with Gasteiger partial charge in [0, 0.05) is 18.4 Å². The van der Waals surface area contributed by atoms with E-state index in [0.717, 1.165) is 30.8 Å². The van der Waals surface area contributed by atoms with Crippen LogP contribution in [-0.2, 0) is 6.54 Å². The van der Waals surface area contributed by atoms with Crippen molar-refractivity contribution in [3.05, 3.63) is 59.9 Å². The van der Waals surface area contributed by atoms with Crippen molar-refractivity contribution in [3.63, 3.8) is 0 Å². The van der Waals surface area contributed by atoms with Crippen LogP contribution in [0.2, 0.25) is 0 Å². The molecule has 0 bridgehead atoms. The first-order valence-electron chi connectivity index (χ1n) is 7.19. The van der Waals surface area contributed by atoms with E-state index in [-0.39, 0.29) is 5.56 Å². The summed E-state index contributed by atoms with van der Waals surface area (Å²) in [6.45, 7) is 3.82. The summed E-state index contributed by atoms with van der Waals surface area (Å²) in [5.74, 6) is -0.944. The number of carboxylic acids is 1. The quantitative estimate of drug-likeness (QED) is 0.844. The fraction of sp³-hybridized carbons (Fsp3) is 0.294. The Bertz CT molecular complexity index is 567. The lowest BCUT2D eigenvalue weighted by Gasteiger charge is -2.24. The first-order chi connectivity index (χ1) is 10.2. The van der Waals surface area contributed by atoms with Crippen molar-refractivity contribution in [2.75, 3.05) is 11.4 Å². The third-order valence-corrected chi connectivity index (χ3v) is 3.33. The zero-order valence-corrected chi connectivity index (χ0v) is 12.2. The number of carbonyl (C=O) groups is 1. The minimum atomic E-state index is -0.944. The van der Waals surface area contributed by atoms with Crippen LogP contribution in [-0.4, -0.2) is 22.6 Å². The predicted molar refractivity (Wildman–Crippen MR) is 83.6 cm³/mol. The van der Waals surface area contributed by atoms with Gasteiger partial charge in [0.1, 0.15) is 0 Å². The maximum Gasteiger partial charge on any atom is 0.337 e. The van der Waals surface area contributed by atoms with Crippen molar-refractivity contribution < 1.29 is 9.90 Å². The maximum absolute atomic E-state index is 10.8. The minimum Gasteiger partial charge on any atom is -0.478 e. The third kappa shape index (κ3) is 4.31. The van der Waals surface area contributed by atoms with Gasteiger partial charge in [-0.05, 0) is 30.7 Å². The zero-order chi connectivity index (χ0) is 15.1. The molecule has 4 nitrogen and oxygen atoms in total. The molecule has 0 aliphatic heterocycles. The summed E-state index contributed by atoms with van der Waals surface area (Å²) in [5.41, 5.74) is 2.26. The van der Waals surface area contributed by atoms with E-state index in [4.69, 9.17) is 5.11 Å². The van der Waals surface area contributed by atoms with Crippen molar-refractivity contribution in [1.82, 2.24) is 4.98 Å². The average Bonchev–Trinajstić information content (AvgIpc) is 2.52.